The number of hydrogen-bond donors (Lipinski definition) is 1. The highest BCUT2D eigenvalue weighted by Crippen LogP contribution is 2.20. The Labute approximate surface area is 119 Å². The van der Waals surface area contributed by atoms with Crippen LogP contribution in [0.25, 0.3) is 11.0 Å². The molecule has 5 heteroatoms. The van der Waals surface area contributed by atoms with E-state index in [4.69, 9.17) is 5.73 Å². The molecule has 1 fully saturated rings. The van der Waals surface area contributed by atoms with Crippen LogP contribution in [0.1, 0.15) is 32.4 Å². The second-order valence-electron chi connectivity index (χ2n) is 6.27. The first-order valence-corrected chi connectivity index (χ1v) is 7.34. The highest BCUT2D eigenvalue weighted by atomic mass is 15.3. The van der Waals surface area contributed by atoms with Crippen molar-refractivity contribution in [2.45, 2.75) is 39.4 Å². The van der Waals surface area contributed by atoms with Crippen LogP contribution >= 0.6 is 0 Å². The van der Waals surface area contributed by atoms with Gasteiger partial charge in [-0.25, -0.2) is 9.67 Å². The lowest BCUT2D eigenvalue weighted by Gasteiger charge is -2.15. The minimum absolute atomic E-state index is 0.301. The van der Waals surface area contributed by atoms with Crippen molar-refractivity contribution in [3.8, 4) is 0 Å². The van der Waals surface area contributed by atoms with Crippen molar-refractivity contribution in [3.63, 3.8) is 0 Å². The van der Waals surface area contributed by atoms with Crippen LogP contribution in [0.4, 0.5) is 0 Å². The van der Waals surface area contributed by atoms with Gasteiger partial charge >= 0.3 is 0 Å². The Hall–Kier alpha value is -1.46. The van der Waals surface area contributed by atoms with E-state index in [1.54, 1.807) is 0 Å². The van der Waals surface area contributed by atoms with E-state index in [2.05, 4.69) is 41.8 Å². The molecule has 3 rings (SSSR count). The lowest BCUT2D eigenvalue weighted by Crippen LogP contribution is -2.28. The van der Waals surface area contributed by atoms with Crippen LogP contribution in [0.2, 0.25) is 0 Å². The third-order valence-corrected chi connectivity index (χ3v) is 4.13. The summed E-state index contributed by atoms with van der Waals surface area (Å²) in [6, 6.07) is 2.83. The first-order valence-electron chi connectivity index (χ1n) is 7.34. The van der Waals surface area contributed by atoms with Crippen molar-refractivity contribution >= 4 is 11.0 Å². The van der Waals surface area contributed by atoms with Crippen molar-refractivity contribution in [3.05, 3.63) is 24.0 Å². The van der Waals surface area contributed by atoms with E-state index in [9.17, 15) is 0 Å². The standard InChI is InChI=1S/C15H23N5/c1-10(2)20-15-13(6-18-20)4-12(5-17-15)8-19-7-11(3)14(16)9-19/h4-6,10-11,14H,7-9,16H2,1-3H3. The van der Waals surface area contributed by atoms with Gasteiger partial charge < -0.3 is 5.73 Å². The first kappa shape index (κ1) is 13.5. The molecule has 1 aliphatic heterocycles. The fourth-order valence-corrected chi connectivity index (χ4v) is 2.93. The third-order valence-electron chi connectivity index (χ3n) is 4.13. The molecule has 20 heavy (non-hydrogen) atoms. The zero-order chi connectivity index (χ0) is 14.3. The van der Waals surface area contributed by atoms with Crippen molar-refractivity contribution in [2.24, 2.45) is 11.7 Å². The summed E-state index contributed by atoms with van der Waals surface area (Å²) in [6.45, 7) is 9.44. The van der Waals surface area contributed by atoms with E-state index in [1.165, 1.54) is 5.56 Å². The Bertz CT molecular complexity index is 593. The molecule has 1 saturated heterocycles. The number of rotatable bonds is 3. The average Bonchev–Trinajstić information content (AvgIpc) is 2.93. The van der Waals surface area contributed by atoms with Gasteiger partial charge in [-0.05, 0) is 31.4 Å². The topological polar surface area (TPSA) is 60.0 Å². The number of pyridine rings is 1. The Morgan fingerprint density at radius 3 is 2.80 bits per heavy atom. The average molecular weight is 273 g/mol. The minimum Gasteiger partial charge on any atom is -0.326 e. The Morgan fingerprint density at radius 2 is 2.15 bits per heavy atom. The van der Waals surface area contributed by atoms with Gasteiger partial charge in [0.25, 0.3) is 0 Å². The molecule has 0 aromatic carbocycles. The largest absolute Gasteiger partial charge is 0.326 e. The summed E-state index contributed by atoms with van der Waals surface area (Å²) in [5.74, 6) is 0.579. The fraction of sp³-hybridized carbons (Fsp3) is 0.600. The molecule has 0 spiro atoms. The lowest BCUT2D eigenvalue weighted by atomic mass is 10.1. The molecule has 2 atom stereocenters. The first-order chi connectivity index (χ1) is 9.54. The van der Waals surface area contributed by atoms with Crippen molar-refractivity contribution < 1.29 is 0 Å². The fourth-order valence-electron chi connectivity index (χ4n) is 2.93. The molecule has 2 aromatic rings. The predicted molar refractivity (Wildman–Crippen MR) is 80.3 cm³/mol. The molecule has 2 unspecified atom stereocenters. The quantitative estimate of drug-likeness (QED) is 0.926. The Morgan fingerprint density at radius 1 is 1.35 bits per heavy atom. The summed E-state index contributed by atoms with van der Waals surface area (Å²) >= 11 is 0. The second kappa shape index (κ2) is 5.14. The molecule has 1 aliphatic rings. The molecule has 5 nitrogen and oxygen atoms in total. The zero-order valence-corrected chi connectivity index (χ0v) is 12.5. The van der Waals surface area contributed by atoms with Crippen LogP contribution in [0, 0.1) is 5.92 Å². The molecule has 2 N–H and O–H groups in total. The van der Waals surface area contributed by atoms with Crippen LogP contribution < -0.4 is 5.73 Å². The van der Waals surface area contributed by atoms with Gasteiger partial charge in [0.15, 0.2) is 5.65 Å². The summed E-state index contributed by atoms with van der Waals surface area (Å²) in [5, 5.41) is 5.53. The highest BCUT2D eigenvalue weighted by Gasteiger charge is 2.26. The normalized spacial score (nSPS) is 24.1. The summed E-state index contributed by atoms with van der Waals surface area (Å²) in [7, 11) is 0. The molecule has 3 heterocycles. The minimum atomic E-state index is 0.301. The molecular formula is C15H23N5. The zero-order valence-electron chi connectivity index (χ0n) is 12.5. The molecule has 108 valence electrons. The van der Waals surface area contributed by atoms with Gasteiger partial charge in [0.1, 0.15) is 0 Å². The van der Waals surface area contributed by atoms with E-state index in [-0.39, 0.29) is 0 Å². The summed E-state index contributed by atoms with van der Waals surface area (Å²) in [6.07, 6.45) is 3.88. The number of nitrogens with zero attached hydrogens (tertiary/aromatic N) is 4. The number of aromatic nitrogens is 3. The highest BCUT2D eigenvalue weighted by molar-refractivity contribution is 5.75. The van der Waals surface area contributed by atoms with E-state index >= 15 is 0 Å². The summed E-state index contributed by atoms with van der Waals surface area (Å²) in [5.41, 5.74) is 8.28. The number of nitrogens with two attached hydrogens (primary N) is 1. The Kier molecular flexibility index (Phi) is 3.48. The molecule has 0 bridgehead atoms. The molecule has 0 amide bonds. The number of fused-ring (bicyclic) bond motifs is 1. The van der Waals surface area contributed by atoms with Gasteiger partial charge in [-0.1, -0.05) is 6.92 Å². The second-order valence-corrected chi connectivity index (χ2v) is 6.27. The van der Waals surface area contributed by atoms with Gasteiger partial charge in [-0.15, -0.1) is 0 Å². The van der Waals surface area contributed by atoms with Crippen molar-refractivity contribution in [1.29, 1.82) is 0 Å². The van der Waals surface area contributed by atoms with Crippen molar-refractivity contribution in [1.82, 2.24) is 19.7 Å². The molecule has 0 aliphatic carbocycles. The van der Waals surface area contributed by atoms with E-state index in [0.29, 0.717) is 18.0 Å². The number of hydrogen-bond acceptors (Lipinski definition) is 4. The van der Waals surface area contributed by atoms with Crippen LogP contribution in [-0.4, -0.2) is 38.8 Å². The van der Waals surface area contributed by atoms with Gasteiger partial charge in [0.05, 0.1) is 6.20 Å². The maximum Gasteiger partial charge on any atom is 0.157 e. The van der Waals surface area contributed by atoms with E-state index < -0.39 is 0 Å². The summed E-state index contributed by atoms with van der Waals surface area (Å²) < 4.78 is 1.97. The van der Waals surface area contributed by atoms with Crippen LogP contribution in [0.15, 0.2) is 18.5 Å². The third kappa shape index (κ3) is 2.43. The predicted octanol–water partition coefficient (Wildman–Crippen LogP) is 1.79. The van der Waals surface area contributed by atoms with E-state index in [0.717, 1.165) is 30.7 Å². The molecular weight excluding hydrogens is 250 g/mol. The van der Waals surface area contributed by atoms with Crippen LogP contribution in [0.3, 0.4) is 0 Å². The molecule has 0 radical (unpaired) electrons. The monoisotopic (exact) mass is 273 g/mol. The van der Waals surface area contributed by atoms with Crippen LogP contribution in [-0.2, 0) is 6.54 Å². The number of likely N-dealkylation sites (tertiary alicyclic amines) is 1. The van der Waals surface area contributed by atoms with Gasteiger partial charge in [-0.2, -0.15) is 5.10 Å². The SMILES string of the molecule is CC1CN(Cc2cnc3c(cnn3C(C)C)c2)CC1N. The molecule has 2 aromatic heterocycles. The van der Waals surface area contributed by atoms with Gasteiger partial charge in [0.2, 0.25) is 0 Å². The maximum atomic E-state index is 6.08. The Balaban J connectivity index is 1.80. The van der Waals surface area contributed by atoms with Gasteiger partial charge in [-0.3, -0.25) is 4.90 Å². The van der Waals surface area contributed by atoms with Crippen LogP contribution in [0.5, 0.6) is 0 Å². The smallest absolute Gasteiger partial charge is 0.157 e. The lowest BCUT2D eigenvalue weighted by molar-refractivity contribution is 0.318. The van der Waals surface area contributed by atoms with E-state index in [1.807, 2.05) is 17.1 Å². The molecule has 0 saturated carbocycles. The summed E-state index contributed by atoms with van der Waals surface area (Å²) in [4.78, 5) is 6.99. The maximum absolute atomic E-state index is 6.08. The van der Waals surface area contributed by atoms with Crippen molar-refractivity contribution in [2.75, 3.05) is 13.1 Å². The van der Waals surface area contributed by atoms with Gasteiger partial charge in [0, 0.05) is 43.3 Å².